The van der Waals surface area contributed by atoms with E-state index in [-0.39, 0.29) is 0 Å². The average Bonchev–Trinajstić information content (AvgIpc) is 2.14. The van der Waals surface area contributed by atoms with Gasteiger partial charge in [-0.3, -0.25) is 0 Å². The van der Waals surface area contributed by atoms with Crippen molar-refractivity contribution in [3.05, 3.63) is 12.4 Å². The lowest BCUT2D eigenvalue weighted by Gasteiger charge is -2.27. The summed E-state index contributed by atoms with van der Waals surface area (Å²) in [5.41, 5.74) is 5.28. The van der Waals surface area contributed by atoms with Crippen molar-refractivity contribution in [2.75, 3.05) is 23.7 Å². The molecule has 0 spiro atoms. The van der Waals surface area contributed by atoms with Crippen LogP contribution in [-0.4, -0.2) is 33.8 Å². The molecule has 0 unspecified atom stereocenters. The van der Waals surface area contributed by atoms with Crippen LogP contribution in [0.2, 0.25) is 0 Å². The Morgan fingerprint density at radius 2 is 1.93 bits per heavy atom. The Morgan fingerprint density at radius 3 is 2.33 bits per heavy atom. The topological polar surface area (TPSA) is 75.3 Å². The van der Waals surface area contributed by atoms with Crippen LogP contribution in [0.4, 0.5) is 11.6 Å². The van der Waals surface area contributed by atoms with Gasteiger partial charge in [0.05, 0.1) is 23.7 Å². The van der Waals surface area contributed by atoms with E-state index in [9.17, 15) is 5.11 Å². The third kappa shape index (κ3) is 3.71. The highest BCUT2D eigenvalue weighted by Crippen LogP contribution is 2.12. The zero-order chi connectivity index (χ0) is 11.5. The largest absolute Gasteiger partial charge is 0.396 e. The van der Waals surface area contributed by atoms with Gasteiger partial charge >= 0.3 is 0 Å². The van der Waals surface area contributed by atoms with Crippen molar-refractivity contribution in [3.8, 4) is 0 Å². The second kappa shape index (κ2) is 4.44. The van der Waals surface area contributed by atoms with Crippen molar-refractivity contribution >= 4 is 11.6 Å². The molecule has 1 rings (SSSR count). The lowest BCUT2D eigenvalue weighted by molar-refractivity contribution is 0.0872. The molecular formula is C10H18N4O. The maximum absolute atomic E-state index is 9.71. The Morgan fingerprint density at radius 1 is 1.40 bits per heavy atom. The standard InChI is InChI=1S/C10H18N4O/c1-4-14(7-10(2,3)15)9-12-5-8(11)6-13-9/h5-6,15H,4,7,11H2,1-3H3. The lowest BCUT2D eigenvalue weighted by Crippen LogP contribution is -2.39. The first-order valence-electron chi connectivity index (χ1n) is 4.97. The number of anilines is 2. The number of rotatable bonds is 4. The third-order valence-electron chi connectivity index (χ3n) is 1.90. The summed E-state index contributed by atoms with van der Waals surface area (Å²) >= 11 is 0. The van der Waals surface area contributed by atoms with Gasteiger partial charge < -0.3 is 15.7 Å². The van der Waals surface area contributed by atoms with Crippen molar-refractivity contribution in [1.29, 1.82) is 0 Å². The average molecular weight is 210 g/mol. The molecule has 3 N–H and O–H groups in total. The van der Waals surface area contributed by atoms with E-state index >= 15 is 0 Å². The number of hydrogen-bond donors (Lipinski definition) is 2. The minimum Gasteiger partial charge on any atom is -0.396 e. The molecule has 0 saturated heterocycles. The Balaban J connectivity index is 2.79. The zero-order valence-corrected chi connectivity index (χ0v) is 9.44. The zero-order valence-electron chi connectivity index (χ0n) is 9.44. The maximum atomic E-state index is 9.71. The second-order valence-electron chi connectivity index (χ2n) is 4.14. The molecule has 84 valence electrons. The van der Waals surface area contributed by atoms with E-state index < -0.39 is 5.60 Å². The summed E-state index contributed by atoms with van der Waals surface area (Å²) in [4.78, 5) is 10.1. The molecule has 0 aliphatic carbocycles. The molecule has 5 nitrogen and oxygen atoms in total. The number of nitrogen functional groups attached to an aromatic ring is 1. The van der Waals surface area contributed by atoms with E-state index in [2.05, 4.69) is 9.97 Å². The Hall–Kier alpha value is -1.36. The van der Waals surface area contributed by atoms with Gasteiger partial charge in [0, 0.05) is 13.1 Å². The lowest BCUT2D eigenvalue weighted by atomic mass is 10.1. The predicted molar refractivity (Wildman–Crippen MR) is 60.6 cm³/mol. The number of aromatic nitrogens is 2. The van der Waals surface area contributed by atoms with Gasteiger partial charge in [0.25, 0.3) is 0 Å². The van der Waals surface area contributed by atoms with Crippen LogP contribution >= 0.6 is 0 Å². The summed E-state index contributed by atoms with van der Waals surface area (Å²) in [6.07, 6.45) is 3.13. The van der Waals surface area contributed by atoms with Gasteiger partial charge in [0.1, 0.15) is 0 Å². The van der Waals surface area contributed by atoms with Gasteiger partial charge in [0.2, 0.25) is 5.95 Å². The van der Waals surface area contributed by atoms with E-state index in [1.807, 2.05) is 11.8 Å². The van der Waals surface area contributed by atoms with E-state index in [1.54, 1.807) is 26.2 Å². The van der Waals surface area contributed by atoms with Gasteiger partial charge in [-0.1, -0.05) is 0 Å². The van der Waals surface area contributed by atoms with Crippen LogP contribution in [0.1, 0.15) is 20.8 Å². The van der Waals surface area contributed by atoms with Crippen LogP contribution < -0.4 is 10.6 Å². The molecule has 0 atom stereocenters. The molecule has 0 bridgehead atoms. The van der Waals surface area contributed by atoms with Crippen LogP contribution in [0.25, 0.3) is 0 Å². The highest BCUT2D eigenvalue weighted by molar-refractivity contribution is 5.37. The fourth-order valence-electron chi connectivity index (χ4n) is 1.29. The van der Waals surface area contributed by atoms with Gasteiger partial charge in [-0.2, -0.15) is 0 Å². The fraction of sp³-hybridized carbons (Fsp3) is 0.600. The summed E-state index contributed by atoms with van der Waals surface area (Å²) in [6.45, 7) is 6.74. The Labute approximate surface area is 90.0 Å². The molecule has 5 heteroatoms. The molecule has 0 amide bonds. The predicted octanol–water partition coefficient (Wildman–Crippen LogP) is 0.656. The summed E-state index contributed by atoms with van der Waals surface area (Å²) in [5, 5.41) is 9.71. The highest BCUT2D eigenvalue weighted by atomic mass is 16.3. The molecule has 0 aliphatic rings. The van der Waals surface area contributed by atoms with E-state index in [1.165, 1.54) is 0 Å². The first-order chi connectivity index (χ1) is 6.92. The number of hydrogen-bond acceptors (Lipinski definition) is 5. The fourth-order valence-corrected chi connectivity index (χ4v) is 1.29. The molecule has 1 aromatic rings. The molecule has 1 aromatic heterocycles. The van der Waals surface area contributed by atoms with E-state index in [4.69, 9.17) is 5.73 Å². The SMILES string of the molecule is CCN(CC(C)(C)O)c1ncc(N)cn1. The number of aliphatic hydroxyl groups is 1. The van der Waals surface area contributed by atoms with Crippen molar-refractivity contribution in [3.63, 3.8) is 0 Å². The molecule has 0 aromatic carbocycles. The smallest absolute Gasteiger partial charge is 0.225 e. The van der Waals surface area contributed by atoms with E-state index in [0.29, 0.717) is 18.2 Å². The monoisotopic (exact) mass is 210 g/mol. The minimum absolute atomic E-state index is 0.493. The van der Waals surface area contributed by atoms with Gasteiger partial charge in [-0.05, 0) is 20.8 Å². The minimum atomic E-state index is -0.763. The first-order valence-corrected chi connectivity index (χ1v) is 4.97. The number of nitrogens with zero attached hydrogens (tertiary/aromatic N) is 3. The summed E-state index contributed by atoms with van der Waals surface area (Å²) < 4.78 is 0. The Bertz CT molecular complexity index is 304. The summed E-state index contributed by atoms with van der Waals surface area (Å²) in [6, 6.07) is 0. The van der Waals surface area contributed by atoms with Crippen LogP contribution in [0.5, 0.6) is 0 Å². The Kier molecular flexibility index (Phi) is 3.47. The van der Waals surface area contributed by atoms with Crippen LogP contribution in [0.3, 0.4) is 0 Å². The molecule has 0 aliphatic heterocycles. The van der Waals surface area contributed by atoms with Crippen molar-refractivity contribution in [2.24, 2.45) is 0 Å². The quantitative estimate of drug-likeness (QED) is 0.763. The molecule has 0 saturated carbocycles. The second-order valence-corrected chi connectivity index (χ2v) is 4.14. The highest BCUT2D eigenvalue weighted by Gasteiger charge is 2.18. The van der Waals surface area contributed by atoms with Crippen LogP contribution in [-0.2, 0) is 0 Å². The summed E-state index contributed by atoms with van der Waals surface area (Å²) in [7, 11) is 0. The number of likely N-dealkylation sites (N-methyl/N-ethyl adjacent to an activating group) is 1. The molecule has 0 radical (unpaired) electrons. The van der Waals surface area contributed by atoms with Gasteiger partial charge in [0.15, 0.2) is 0 Å². The molecule has 15 heavy (non-hydrogen) atoms. The van der Waals surface area contributed by atoms with Crippen molar-refractivity contribution in [1.82, 2.24) is 9.97 Å². The molecular weight excluding hydrogens is 192 g/mol. The first kappa shape index (κ1) is 11.7. The van der Waals surface area contributed by atoms with Crippen molar-refractivity contribution in [2.45, 2.75) is 26.4 Å². The summed E-state index contributed by atoms with van der Waals surface area (Å²) in [5.74, 6) is 0.592. The number of nitrogens with two attached hydrogens (primary N) is 1. The molecule has 1 heterocycles. The van der Waals surface area contributed by atoms with Crippen LogP contribution in [0.15, 0.2) is 12.4 Å². The molecule has 0 fully saturated rings. The van der Waals surface area contributed by atoms with Crippen LogP contribution in [0, 0.1) is 0 Å². The maximum Gasteiger partial charge on any atom is 0.225 e. The van der Waals surface area contributed by atoms with Crippen molar-refractivity contribution < 1.29 is 5.11 Å². The van der Waals surface area contributed by atoms with Gasteiger partial charge in [-0.25, -0.2) is 9.97 Å². The van der Waals surface area contributed by atoms with E-state index in [0.717, 1.165) is 6.54 Å². The normalized spacial score (nSPS) is 11.5. The van der Waals surface area contributed by atoms with Gasteiger partial charge in [-0.15, -0.1) is 0 Å². The third-order valence-corrected chi connectivity index (χ3v) is 1.90.